The Bertz CT molecular complexity index is 546. The Labute approximate surface area is 133 Å². The molecule has 0 spiro atoms. The third kappa shape index (κ3) is 3.46. The van der Waals surface area contributed by atoms with Gasteiger partial charge in [-0.25, -0.2) is 0 Å². The third-order valence-electron chi connectivity index (χ3n) is 4.30. The van der Waals surface area contributed by atoms with E-state index in [4.69, 9.17) is 5.11 Å². The predicted molar refractivity (Wildman–Crippen MR) is 83.8 cm³/mol. The highest BCUT2D eigenvalue weighted by atomic mass is 79.9. The van der Waals surface area contributed by atoms with Crippen molar-refractivity contribution in [3.05, 3.63) is 34.3 Å². The highest BCUT2D eigenvalue weighted by molar-refractivity contribution is 9.10. The van der Waals surface area contributed by atoms with Crippen molar-refractivity contribution in [1.82, 2.24) is 4.90 Å². The summed E-state index contributed by atoms with van der Waals surface area (Å²) in [6.07, 6.45) is 1.88. The third-order valence-corrected chi connectivity index (χ3v) is 4.79. The number of likely N-dealkylation sites (tertiary alicyclic amines) is 1. The standard InChI is InChI=1S/C16H20BrNO3/c1-10(11(2)16(20)21)15(19)18-8-4-7-14(18)12-5-3-6-13(17)9-12/h3,5-6,9-11,14H,4,7-8H2,1-2H3,(H,20,21). The Balaban J connectivity index is 2.18. The molecule has 1 amide bonds. The summed E-state index contributed by atoms with van der Waals surface area (Å²) < 4.78 is 0.992. The predicted octanol–water partition coefficient (Wildman–Crippen LogP) is 3.47. The van der Waals surface area contributed by atoms with Gasteiger partial charge < -0.3 is 10.0 Å². The van der Waals surface area contributed by atoms with Crippen molar-refractivity contribution in [1.29, 1.82) is 0 Å². The molecule has 2 rings (SSSR count). The molecule has 0 radical (unpaired) electrons. The van der Waals surface area contributed by atoms with Crippen LogP contribution in [0.3, 0.4) is 0 Å². The van der Waals surface area contributed by atoms with Gasteiger partial charge in [-0.2, -0.15) is 0 Å². The van der Waals surface area contributed by atoms with Crippen LogP contribution < -0.4 is 0 Å². The summed E-state index contributed by atoms with van der Waals surface area (Å²) in [7, 11) is 0. The maximum absolute atomic E-state index is 12.6. The van der Waals surface area contributed by atoms with Gasteiger partial charge in [-0.05, 0) is 30.5 Å². The number of benzene rings is 1. The quantitative estimate of drug-likeness (QED) is 0.901. The van der Waals surface area contributed by atoms with Gasteiger partial charge in [0.15, 0.2) is 0 Å². The van der Waals surface area contributed by atoms with Crippen molar-refractivity contribution < 1.29 is 14.7 Å². The fourth-order valence-corrected chi connectivity index (χ4v) is 3.20. The second-order valence-electron chi connectivity index (χ2n) is 5.66. The van der Waals surface area contributed by atoms with E-state index >= 15 is 0 Å². The van der Waals surface area contributed by atoms with Crippen LogP contribution in [0.5, 0.6) is 0 Å². The molecule has 3 atom stereocenters. The van der Waals surface area contributed by atoms with E-state index in [9.17, 15) is 9.59 Å². The number of nitrogens with zero attached hydrogens (tertiary/aromatic N) is 1. The van der Waals surface area contributed by atoms with Crippen LogP contribution in [0.15, 0.2) is 28.7 Å². The largest absolute Gasteiger partial charge is 0.481 e. The van der Waals surface area contributed by atoms with Gasteiger partial charge in [0, 0.05) is 16.9 Å². The zero-order valence-corrected chi connectivity index (χ0v) is 13.8. The lowest BCUT2D eigenvalue weighted by molar-refractivity contribution is -0.149. The van der Waals surface area contributed by atoms with Crippen LogP contribution >= 0.6 is 15.9 Å². The lowest BCUT2D eigenvalue weighted by Crippen LogP contribution is -2.38. The molecule has 1 fully saturated rings. The minimum absolute atomic E-state index is 0.0541. The van der Waals surface area contributed by atoms with Crippen LogP contribution in [0.4, 0.5) is 0 Å². The molecule has 1 heterocycles. The summed E-state index contributed by atoms with van der Waals surface area (Å²) in [6.45, 7) is 4.00. The number of carbonyl (C=O) groups excluding carboxylic acids is 1. The summed E-state index contributed by atoms with van der Waals surface area (Å²) in [4.78, 5) is 25.5. The van der Waals surface area contributed by atoms with Crippen molar-refractivity contribution >= 4 is 27.8 Å². The van der Waals surface area contributed by atoms with Gasteiger partial charge in [0.2, 0.25) is 5.91 Å². The average Bonchev–Trinajstić information content (AvgIpc) is 2.94. The SMILES string of the molecule is CC(C(=O)O)C(C)C(=O)N1CCCC1c1cccc(Br)c1. The number of halogens is 1. The van der Waals surface area contributed by atoms with Crippen LogP contribution in [0.25, 0.3) is 0 Å². The molecule has 5 heteroatoms. The molecule has 1 aliphatic rings. The lowest BCUT2D eigenvalue weighted by atomic mass is 9.94. The number of hydrogen-bond donors (Lipinski definition) is 1. The van der Waals surface area contributed by atoms with Crippen molar-refractivity contribution in [3.8, 4) is 0 Å². The van der Waals surface area contributed by atoms with E-state index in [0.717, 1.165) is 22.9 Å². The maximum Gasteiger partial charge on any atom is 0.307 e. The first-order chi connectivity index (χ1) is 9.91. The van der Waals surface area contributed by atoms with E-state index in [-0.39, 0.29) is 11.9 Å². The molecule has 0 aliphatic carbocycles. The van der Waals surface area contributed by atoms with Crippen LogP contribution in [-0.2, 0) is 9.59 Å². The van der Waals surface area contributed by atoms with Gasteiger partial charge in [-0.1, -0.05) is 41.9 Å². The lowest BCUT2D eigenvalue weighted by Gasteiger charge is -2.29. The van der Waals surface area contributed by atoms with Crippen LogP contribution in [0, 0.1) is 11.8 Å². The molecular weight excluding hydrogens is 334 g/mol. The zero-order chi connectivity index (χ0) is 15.6. The highest BCUT2D eigenvalue weighted by Crippen LogP contribution is 2.34. The van der Waals surface area contributed by atoms with E-state index < -0.39 is 17.8 Å². The monoisotopic (exact) mass is 353 g/mol. The number of carboxylic acids is 1. The molecule has 3 unspecified atom stereocenters. The van der Waals surface area contributed by atoms with Gasteiger partial charge in [0.1, 0.15) is 0 Å². The van der Waals surface area contributed by atoms with Crippen LogP contribution in [0.2, 0.25) is 0 Å². The summed E-state index contributed by atoms with van der Waals surface area (Å²) in [5.74, 6) is -2.15. The summed E-state index contributed by atoms with van der Waals surface area (Å²) in [5.41, 5.74) is 1.10. The number of carboxylic acid groups (broad SMARTS) is 1. The first kappa shape index (κ1) is 16.0. The molecule has 0 bridgehead atoms. The van der Waals surface area contributed by atoms with Gasteiger partial charge in [-0.3, -0.25) is 9.59 Å². The molecule has 114 valence electrons. The van der Waals surface area contributed by atoms with E-state index in [1.165, 1.54) is 0 Å². The van der Waals surface area contributed by atoms with E-state index in [1.54, 1.807) is 13.8 Å². The Morgan fingerprint density at radius 1 is 1.33 bits per heavy atom. The normalized spacial score (nSPS) is 21.1. The molecule has 4 nitrogen and oxygen atoms in total. The van der Waals surface area contributed by atoms with Crippen molar-refractivity contribution in [2.24, 2.45) is 11.8 Å². The molecular formula is C16H20BrNO3. The smallest absolute Gasteiger partial charge is 0.307 e. The number of hydrogen-bond acceptors (Lipinski definition) is 2. The second kappa shape index (κ2) is 6.60. The Morgan fingerprint density at radius 2 is 2.05 bits per heavy atom. The van der Waals surface area contributed by atoms with Crippen molar-refractivity contribution in [3.63, 3.8) is 0 Å². The maximum atomic E-state index is 12.6. The van der Waals surface area contributed by atoms with Gasteiger partial charge in [-0.15, -0.1) is 0 Å². The Morgan fingerprint density at radius 3 is 2.67 bits per heavy atom. The highest BCUT2D eigenvalue weighted by Gasteiger charge is 2.35. The molecule has 1 aromatic rings. The van der Waals surface area contributed by atoms with Gasteiger partial charge >= 0.3 is 5.97 Å². The van der Waals surface area contributed by atoms with Crippen molar-refractivity contribution in [2.75, 3.05) is 6.54 Å². The summed E-state index contributed by atoms with van der Waals surface area (Å²) in [5, 5.41) is 9.09. The Kier molecular flexibility index (Phi) is 5.04. The first-order valence-corrected chi connectivity index (χ1v) is 8.00. The van der Waals surface area contributed by atoms with Crippen molar-refractivity contribution in [2.45, 2.75) is 32.7 Å². The van der Waals surface area contributed by atoms with E-state index in [2.05, 4.69) is 15.9 Å². The summed E-state index contributed by atoms with van der Waals surface area (Å²) >= 11 is 3.46. The molecule has 1 saturated heterocycles. The number of rotatable bonds is 4. The van der Waals surface area contributed by atoms with E-state index in [0.29, 0.717) is 6.54 Å². The topological polar surface area (TPSA) is 57.6 Å². The molecule has 21 heavy (non-hydrogen) atoms. The van der Waals surface area contributed by atoms with Gasteiger partial charge in [0.25, 0.3) is 0 Å². The fraction of sp³-hybridized carbons (Fsp3) is 0.500. The van der Waals surface area contributed by atoms with E-state index in [1.807, 2.05) is 29.2 Å². The Hall–Kier alpha value is -1.36. The molecule has 1 aliphatic heterocycles. The molecule has 1 aromatic carbocycles. The zero-order valence-electron chi connectivity index (χ0n) is 12.3. The first-order valence-electron chi connectivity index (χ1n) is 7.20. The fourth-order valence-electron chi connectivity index (χ4n) is 2.78. The number of amides is 1. The second-order valence-corrected chi connectivity index (χ2v) is 6.58. The van der Waals surface area contributed by atoms with Crippen LogP contribution in [-0.4, -0.2) is 28.4 Å². The average molecular weight is 354 g/mol. The molecule has 1 N–H and O–H groups in total. The molecule has 0 aromatic heterocycles. The minimum atomic E-state index is -0.922. The summed E-state index contributed by atoms with van der Waals surface area (Å²) in [6, 6.07) is 8.02. The minimum Gasteiger partial charge on any atom is -0.481 e. The number of aliphatic carboxylic acids is 1. The van der Waals surface area contributed by atoms with Gasteiger partial charge in [0.05, 0.1) is 12.0 Å². The van der Waals surface area contributed by atoms with Crippen LogP contribution in [0.1, 0.15) is 38.3 Å². The molecule has 0 saturated carbocycles. The number of carbonyl (C=O) groups is 2.